The third-order valence-corrected chi connectivity index (χ3v) is 2.78. The Morgan fingerprint density at radius 2 is 2.05 bits per heavy atom. The summed E-state index contributed by atoms with van der Waals surface area (Å²) in [6.07, 6.45) is -1.76. The quantitative estimate of drug-likeness (QED) is 0.915. The van der Waals surface area contributed by atoms with Gasteiger partial charge in [0.15, 0.2) is 0 Å². The van der Waals surface area contributed by atoms with E-state index in [-0.39, 0.29) is 17.9 Å². The highest BCUT2D eigenvalue weighted by molar-refractivity contribution is 6.04. The number of halogens is 3. The molecule has 2 rings (SSSR count). The second-order valence-electron chi connectivity index (χ2n) is 4.22. The summed E-state index contributed by atoms with van der Waals surface area (Å²) in [7, 11) is 0. The van der Waals surface area contributed by atoms with Gasteiger partial charge in [-0.1, -0.05) is 6.07 Å². The molecule has 0 fully saturated rings. The first-order valence-electron chi connectivity index (χ1n) is 5.94. The maximum Gasteiger partial charge on any atom is 0.416 e. The third kappa shape index (κ3) is 3.57. The molecule has 0 aliphatic carbocycles. The van der Waals surface area contributed by atoms with Gasteiger partial charge in [0.25, 0.3) is 5.91 Å². The molecule has 7 heteroatoms. The Bertz CT molecular complexity index is 657. The Hall–Kier alpha value is -2.41. The van der Waals surface area contributed by atoms with E-state index < -0.39 is 17.6 Å². The Labute approximate surface area is 118 Å². The standard InChI is InChI=1S/C14H11F3N2O2/c15-14(16,17)11-3-1-2-9(6-11)13(21)19-12-7-18-5-4-10(12)8-20/h1-7,20H,8H2,(H,19,21). The molecule has 0 saturated heterocycles. The molecule has 0 bridgehead atoms. The first-order chi connectivity index (χ1) is 9.91. The van der Waals surface area contributed by atoms with Crippen molar-refractivity contribution in [3.05, 3.63) is 59.4 Å². The molecule has 2 N–H and O–H groups in total. The summed E-state index contributed by atoms with van der Waals surface area (Å²) < 4.78 is 37.8. The number of alkyl halides is 3. The zero-order valence-corrected chi connectivity index (χ0v) is 10.7. The molecule has 0 radical (unpaired) electrons. The fourth-order valence-electron chi connectivity index (χ4n) is 1.70. The lowest BCUT2D eigenvalue weighted by atomic mass is 10.1. The van der Waals surface area contributed by atoms with E-state index in [4.69, 9.17) is 5.11 Å². The zero-order valence-electron chi connectivity index (χ0n) is 10.7. The van der Waals surface area contributed by atoms with E-state index in [1.807, 2.05) is 0 Å². The van der Waals surface area contributed by atoms with Gasteiger partial charge in [-0.05, 0) is 24.3 Å². The van der Waals surface area contributed by atoms with Crippen LogP contribution >= 0.6 is 0 Å². The first kappa shape index (κ1) is 15.0. The Morgan fingerprint density at radius 3 is 2.71 bits per heavy atom. The molecule has 0 spiro atoms. The molecule has 21 heavy (non-hydrogen) atoms. The fourth-order valence-corrected chi connectivity index (χ4v) is 1.70. The van der Waals surface area contributed by atoms with Crippen molar-refractivity contribution in [3.63, 3.8) is 0 Å². The lowest BCUT2D eigenvalue weighted by molar-refractivity contribution is -0.137. The van der Waals surface area contributed by atoms with Gasteiger partial charge in [-0.3, -0.25) is 9.78 Å². The van der Waals surface area contributed by atoms with E-state index in [1.54, 1.807) is 0 Å². The number of aromatic nitrogens is 1. The lowest BCUT2D eigenvalue weighted by Crippen LogP contribution is -2.15. The summed E-state index contributed by atoms with van der Waals surface area (Å²) in [5.41, 5.74) is -0.353. The summed E-state index contributed by atoms with van der Waals surface area (Å²) in [4.78, 5) is 15.8. The molecule has 1 amide bonds. The highest BCUT2D eigenvalue weighted by Crippen LogP contribution is 2.29. The van der Waals surface area contributed by atoms with Crippen LogP contribution in [-0.2, 0) is 12.8 Å². The van der Waals surface area contributed by atoms with Crippen molar-refractivity contribution in [3.8, 4) is 0 Å². The molecule has 0 unspecified atom stereocenters. The molecule has 0 aliphatic rings. The van der Waals surface area contributed by atoms with Gasteiger partial charge in [-0.15, -0.1) is 0 Å². The predicted molar refractivity (Wildman–Crippen MR) is 69.6 cm³/mol. The van der Waals surface area contributed by atoms with E-state index in [0.29, 0.717) is 5.56 Å². The van der Waals surface area contributed by atoms with E-state index in [0.717, 1.165) is 18.2 Å². The number of pyridine rings is 1. The van der Waals surface area contributed by atoms with Crippen LogP contribution < -0.4 is 5.32 Å². The van der Waals surface area contributed by atoms with Crippen LogP contribution in [0.5, 0.6) is 0 Å². The number of hydrogen-bond donors (Lipinski definition) is 2. The highest BCUT2D eigenvalue weighted by atomic mass is 19.4. The summed E-state index contributed by atoms with van der Waals surface area (Å²) in [6.45, 7) is -0.319. The second-order valence-corrected chi connectivity index (χ2v) is 4.22. The van der Waals surface area contributed by atoms with Crippen LogP contribution in [0.25, 0.3) is 0 Å². The van der Waals surface area contributed by atoms with E-state index in [1.165, 1.54) is 24.5 Å². The second kappa shape index (κ2) is 5.92. The van der Waals surface area contributed by atoms with Crippen LogP contribution in [0.4, 0.5) is 18.9 Å². The van der Waals surface area contributed by atoms with Crippen LogP contribution in [0.3, 0.4) is 0 Å². The number of nitrogens with zero attached hydrogens (tertiary/aromatic N) is 1. The van der Waals surface area contributed by atoms with Crippen LogP contribution in [-0.4, -0.2) is 16.0 Å². The van der Waals surface area contributed by atoms with Crippen LogP contribution in [0.15, 0.2) is 42.7 Å². The van der Waals surface area contributed by atoms with Gasteiger partial charge >= 0.3 is 6.18 Å². The van der Waals surface area contributed by atoms with Crippen molar-refractivity contribution in [1.82, 2.24) is 4.98 Å². The average Bonchev–Trinajstić information content (AvgIpc) is 2.47. The van der Waals surface area contributed by atoms with Crippen LogP contribution in [0.2, 0.25) is 0 Å². The first-order valence-corrected chi connectivity index (χ1v) is 5.94. The Morgan fingerprint density at radius 1 is 1.29 bits per heavy atom. The molecule has 0 atom stereocenters. The monoisotopic (exact) mass is 296 g/mol. The van der Waals surface area contributed by atoms with Crippen LogP contribution in [0, 0.1) is 0 Å². The van der Waals surface area contributed by atoms with Gasteiger partial charge in [0, 0.05) is 17.3 Å². The smallest absolute Gasteiger partial charge is 0.392 e. The molecule has 110 valence electrons. The van der Waals surface area contributed by atoms with E-state index >= 15 is 0 Å². The van der Waals surface area contributed by atoms with Crippen molar-refractivity contribution < 1.29 is 23.1 Å². The molecular formula is C14H11F3N2O2. The molecule has 0 aliphatic heterocycles. The van der Waals surface area contributed by atoms with Crippen molar-refractivity contribution in [2.24, 2.45) is 0 Å². The van der Waals surface area contributed by atoms with Gasteiger partial charge in [0.1, 0.15) is 0 Å². The summed E-state index contributed by atoms with van der Waals surface area (Å²) in [6, 6.07) is 5.60. The maximum atomic E-state index is 12.6. The van der Waals surface area contributed by atoms with Crippen molar-refractivity contribution in [2.45, 2.75) is 12.8 Å². The summed E-state index contributed by atoms with van der Waals surface area (Å²) >= 11 is 0. The predicted octanol–water partition coefficient (Wildman–Crippen LogP) is 2.85. The number of carbonyl (C=O) groups excluding carboxylic acids is 1. The van der Waals surface area contributed by atoms with Crippen molar-refractivity contribution in [1.29, 1.82) is 0 Å². The zero-order chi connectivity index (χ0) is 15.5. The summed E-state index contributed by atoms with van der Waals surface area (Å²) in [5, 5.41) is 11.6. The average molecular weight is 296 g/mol. The minimum Gasteiger partial charge on any atom is -0.392 e. The summed E-state index contributed by atoms with van der Waals surface area (Å²) in [5.74, 6) is -0.705. The highest BCUT2D eigenvalue weighted by Gasteiger charge is 2.30. The normalized spacial score (nSPS) is 11.2. The van der Waals surface area contributed by atoms with Crippen molar-refractivity contribution >= 4 is 11.6 Å². The third-order valence-electron chi connectivity index (χ3n) is 2.78. The molecule has 1 aromatic carbocycles. The number of benzene rings is 1. The largest absolute Gasteiger partial charge is 0.416 e. The number of rotatable bonds is 3. The lowest BCUT2D eigenvalue weighted by Gasteiger charge is -2.10. The van der Waals surface area contributed by atoms with Crippen LogP contribution in [0.1, 0.15) is 21.5 Å². The number of anilines is 1. The fraction of sp³-hybridized carbons (Fsp3) is 0.143. The van der Waals surface area contributed by atoms with Gasteiger partial charge in [-0.25, -0.2) is 0 Å². The maximum absolute atomic E-state index is 12.6. The minimum absolute atomic E-state index is 0.127. The number of nitrogens with one attached hydrogen (secondary N) is 1. The molecular weight excluding hydrogens is 285 g/mol. The Balaban J connectivity index is 2.25. The Kier molecular flexibility index (Phi) is 4.23. The SMILES string of the molecule is O=C(Nc1cnccc1CO)c1cccc(C(F)(F)F)c1. The van der Waals surface area contributed by atoms with Gasteiger partial charge in [-0.2, -0.15) is 13.2 Å². The van der Waals surface area contributed by atoms with E-state index in [2.05, 4.69) is 10.3 Å². The number of aliphatic hydroxyl groups is 1. The number of hydrogen-bond acceptors (Lipinski definition) is 3. The van der Waals surface area contributed by atoms with Crippen molar-refractivity contribution in [2.75, 3.05) is 5.32 Å². The molecule has 2 aromatic rings. The molecule has 1 aromatic heterocycles. The van der Waals surface area contributed by atoms with E-state index in [9.17, 15) is 18.0 Å². The number of amides is 1. The molecule has 4 nitrogen and oxygen atoms in total. The van der Waals surface area contributed by atoms with Gasteiger partial charge < -0.3 is 10.4 Å². The number of aliphatic hydroxyl groups excluding tert-OH is 1. The molecule has 1 heterocycles. The van der Waals surface area contributed by atoms with Gasteiger partial charge in [0.2, 0.25) is 0 Å². The minimum atomic E-state index is -4.51. The van der Waals surface area contributed by atoms with Gasteiger partial charge in [0.05, 0.1) is 24.1 Å². The number of carbonyl (C=O) groups is 1. The topological polar surface area (TPSA) is 62.2 Å². The molecule has 0 saturated carbocycles.